The molecule has 0 heterocycles. The van der Waals surface area contributed by atoms with Crippen molar-refractivity contribution in [1.29, 1.82) is 0 Å². The van der Waals surface area contributed by atoms with Crippen molar-refractivity contribution in [1.82, 2.24) is 0 Å². The third-order valence-electron chi connectivity index (χ3n) is 1.68. The van der Waals surface area contributed by atoms with Crippen molar-refractivity contribution in [2.75, 3.05) is 13.2 Å². The molecule has 0 bridgehead atoms. The summed E-state index contributed by atoms with van der Waals surface area (Å²) in [7, 11) is 0. The van der Waals surface area contributed by atoms with E-state index in [4.69, 9.17) is 4.74 Å². The minimum Gasteiger partial charge on any atom is -0.393 e. The molecule has 1 unspecified atom stereocenters. The molecule has 68 valence electrons. The molecule has 0 aliphatic carbocycles. The highest BCUT2D eigenvalue weighted by atomic mass is 16.5. The summed E-state index contributed by atoms with van der Waals surface area (Å²) in [5.74, 6) is 0.347. The van der Waals surface area contributed by atoms with Crippen LogP contribution in [0, 0.1) is 5.92 Å². The predicted octanol–water partition coefficient (Wildman–Crippen LogP) is 1.82. The van der Waals surface area contributed by atoms with Gasteiger partial charge >= 0.3 is 0 Å². The summed E-state index contributed by atoms with van der Waals surface area (Å²) in [6.07, 6.45) is 1.61. The van der Waals surface area contributed by atoms with Crippen LogP contribution in [0.3, 0.4) is 0 Å². The Morgan fingerprint density at radius 1 is 1.27 bits per heavy atom. The van der Waals surface area contributed by atoms with Gasteiger partial charge in [-0.05, 0) is 18.8 Å². The first kappa shape index (κ1) is 10.9. The van der Waals surface area contributed by atoms with Gasteiger partial charge in [0.1, 0.15) is 0 Å². The van der Waals surface area contributed by atoms with Crippen molar-refractivity contribution in [3.05, 3.63) is 0 Å². The first-order chi connectivity index (χ1) is 5.18. The summed E-state index contributed by atoms with van der Waals surface area (Å²) in [4.78, 5) is 0. The van der Waals surface area contributed by atoms with Crippen molar-refractivity contribution in [2.24, 2.45) is 5.92 Å². The summed E-state index contributed by atoms with van der Waals surface area (Å²) in [5, 5.41) is 9.35. The van der Waals surface area contributed by atoms with E-state index in [0.717, 1.165) is 19.4 Å². The Bertz CT molecular complexity index is 81.6. The molecule has 1 atom stereocenters. The SMILES string of the molecule is CCCOCCC(O)C(C)C. The number of hydrogen-bond donors (Lipinski definition) is 1. The van der Waals surface area contributed by atoms with Crippen molar-refractivity contribution >= 4 is 0 Å². The summed E-state index contributed by atoms with van der Waals surface area (Å²) in [5.41, 5.74) is 0. The minimum atomic E-state index is -0.202. The van der Waals surface area contributed by atoms with Crippen LogP contribution in [0.15, 0.2) is 0 Å². The van der Waals surface area contributed by atoms with Gasteiger partial charge in [-0.25, -0.2) is 0 Å². The van der Waals surface area contributed by atoms with Crippen LogP contribution < -0.4 is 0 Å². The van der Waals surface area contributed by atoms with E-state index in [1.165, 1.54) is 0 Å². The Kier molecular flexibility index (Phi) is 6.57. The standard InChI is InChI=1S/C9H20O2/c1-4-6-11-7-5-9(10)8(2)3/h8-10H,4-7H2,1-3H3. The molecular formula is C9H20O2. The molecule has 0 saturated carbocycles. The summed E-state index contributed by atoms with van der Waals surface area (Å²) < 4.78 is 5.24. The second-order valence-electron chi connectivity index (χ2n) is 3.21. The maximum absolute atomic E-state index is 9.35. The van der Waals surface area contributed by atoms with Crippen molar-refractivity contribution in [3.8, 4) is 0 Å². The molecule has 0 fully saturated rings. The molecule has 0 rings (SSSR count). The molecule has 0 aromatic rings. The Labute approximate surface area is 69.6 Å². The number of rotatable bonds is 6. The molecule has 2 nitrogen and oxygen atoms in total. The smallest absolute Gasteiger partial charge is 0.0585 e. The van der Waals surface area contributed by atoms with E-state index in [9.17, 15) is 5.11 Å². The third-order valence-corrected chi connectivity index (χ3v) is 1.68. The molecule has 0 spiro atoms. The highest BCUT2D eigenvalue weighted by Gasteiger charge is 2.07. The molecule has 0 saturated heterocycles. The van der Waals surface area contributed by atoms with Crippen molar-refractivity contribution in [3.63, 3.8) is 0 Å². The number of aliphatic hydroxyl groups excluding tert-OH is 1. The highest BCUT2D eigenvalue weighted by Crippen LogP contribution is 2.04. The van der Waals surface area contributed by atoms with Crippen LogP contribution in [0.2, 0.25) is 0 Å². The van der Waals surface area contributed by atoms with E-state index in [0.29, 0.717) is 12.5 Å². The molecule has 0 aromatic heterocycles. The van der Waals surface area contributed by atoms with Gasteiger partial charge in [0, 0.05) is 13.2 Å². The predicted molar refractivity (Wildman–Crippen MR) is 46.6 cm³/mol. The molecule has 0 aliphatic heterocycles. The van der Waals surface area contributed by atoms with Crippen molar-refractivity contribution < 1.29 is 9.84 Å². The molecule has 0 aromatic carbocycles. The lowest BCUT2D eigenvalue weighted by Crippen LogP contribution is -2.17. The van der Waals surface area contributed by atoms with E-state index < -0.39 is 0 Å². The maximum Gasteiger partial charge on any atom is 0.0585 e. The van der Waals surface area contributed by atoms with E-state index in [1.807, 2.05) is 13.8 Å². The Hall–Kier alpha value is -0.0800. The van der Waals surface area contributed by atoms with E-state index in [-0.39, 0.29) is 6.10 Å². The van der Waals surface area contributed by atoms with Gasteiger partial charge in [0.05, 0.1) is 6.10 Å². The van der Waals surface area contributed by atoms with Gasteiger partial charge in [0.25, 0.3) is 0 Å². The fourth-order valence-electron chi connectivity index (χ4n) is 0.784. The number of ether oxygens (including phenoxy) is 1. The fourth-order valence-corrected chi connectivity index (χ4v) is 0.784. The third kappa shape index (κ3) is 6.32. The summed E-state index contributed by atoms with van der Waals surface area (Å²) >= 11 is 0. The number of hydrogen-bond acceptors (Lipinski definition) is 2. The van der Waals surface area contributed by atoms with Crippen LogP contribution in [0.5, 0.6) is 0 Å². The molecular weight excluding hydrogens is 140 g/mol. The Morgan fingerprint density at radius 3 is 2.36 bits per heavy atom. The van der Waals surface area contributed by atoms with Gasteiger partial charge in [0.2, 0.25) is 0 Å². The Morgan fingerprint density at radius 2 is 1.91 bits per heavy atom. The Balaban J connectivity index is 3.10. The zero-order valence-electron chi connectivity index (χ0n) is 7.84. The van der Waals surface area contributed by atoms with Gasteiger partial charge in [0.15, 0.2) is 0 Å². The summed E-state index contributed by atoms with van der Waals surface area (Å²) in [6.45, 7) is 7.62. The normalized spacial score (nSPS) is 13.9. The first-order valence-electron chi connectivity index (χ1n) is 4.44. The maximum atomic E-state index is 9.35. The molecule has 1 N–H and O–H groups in total. The fraction of sp³-hybridized carbons (Fsp3) is 1.00. The quantitative estimate of drug-likeness (QED) is 0.600. The molecule has 0 amide bonds. The average Bonchev–Trinajstić information content (AvgIpc) is 1.97. The van der Waals surface area contributed by atoms with Crippen LogP contribution in [0.1, 0.15) is 33.6 Å². The number of aliphatic hydroxyl groups is 1. The zero-order valence-corrected chi connectivity index (χ0v) is 7.84. The lowest BCUT2D eigenvalue weighted by Gasteiger charge is -2.13. The van der Waals surface area contributed by atoms with Gasteiger partial charge in [-0.1, -0.05) is 20.8 Å². The van der Waals surface area contributed by atoms with Gasteiger partial charge in [-0.15, -0.1) is 0 Å². The lowest BCUT2D eigenvalue weighted by atomic mass is 10.1. The van der Waals surface area contributed by atoms with Crippen LogP contribution in [-0.2, 0) is 4.74 Å². The average molecular weight is 160 g/mol. The lowest BCUT2D eigenvalue weighted by molar-refractivity contribution is 0.0600. The van der Waals surface area contributed by atoms with E-state index in [1.54, 1.807) is 0 Å². The second kappa shape index (κ2) is 6.62. The molecule has 0 aliphatic rings. The monoisotopic (exact) mass is 160 g/mol. The van der Waals surface area contributed by atoms with E-state index in [2.05, 4.69) is 6.92 Å². The van der Waals surface area contributed by atoms with Crippen LogP contribution in [0.4, 0.5) is 0 Å². The first-order valence-corrected chi connectivity index (χ1v) is 4.44. The van der Waals surface area contributed by atoms with Gasteiger partial charge in [-0.3, -0.25) is 0 Å². The van der Waals surface area contributed by atoms with Crippen LogP contribution in [0.25, 0.3) is 0 Å². The second-order valence-corrected chi connectivity index (χ2v) is 3.21. The van der Waals surface area contributed by atoms with Gasteiger partial charge in [-0.2, -0.15) is 0 Å². The van der Waals surface area contributed by atoms with Crippen molar-refractivity contribution in [2.45, 2.75) is 39.7 Å². The van der Waals surface area contributed by atoms with Crippen LogP contribution >= 0.6 is 0 Å². The molecule has 0 radical (unpaired) electrons. The molecule has 11 heavy (non-hydrogen) atoms. The highest BCUT2D eigenvalue weighted by molar-refractivity contribution is 4.58. The van der Waals surface area contributed by atoms with Gasteiger partial charge < -0.3 is 9.84 Å². The molecule has 2 heteroatoms. The topological polar surface area (TPSA) is 29.5 Å². The van der Waals surface area contributed by atoms with E-state index >= 15 is 0 Å². The minimum absolute atomic E-state index is 0.202. The largest absolute Gasteiger partial charge is 0.393 e. The zero-order chi connectivity index (χ0) is 8.69. The summed E-state index contributed by atoms with van der Waals surface area (Å²) in [6, 6.07) is 0. The van der Waals surface area contributed by atoms with Crippen LogP contribution in [-0.4, -0.2) is 24.4 Å².